The van der Waals surface area contributed by atoms with Crippen molar-refractivity contribution in [3.8, 4) is 5.75 Å². The lowest BCUT2D eigenvalue weighted by Crippen LogP contribution is -2.63. The summed E-state index contributed by atoms with van der Waals surface area (Å²) in [4.78, 5) is 23.3. The second kappa shape index (κ2) is 7.75. The lowest BCUT2D eigenvalue weighted by atomic mass is 9.89. The number of rotatable bonds is 4. The van der Waals surface area contributed by atoms with Crippen LogP contribution in [0.15, 0.2) is 27.4 Å². The molecular weight excluding hydrogens is 382 g/mol. The minimum atomic E-state index is -1.35. The van der Waals surface area contributed by atoms with Crippen molar-refractivity contribution >= 4 is 22.6 Å². The molecule has 0 aliphatic carbocycles. The molecule has 0 spiro atoms. The number of ether oxygens (including phenoxy) is 3. The van der Waals surface area contributed by atoms with E-state index in [1.807, 2.05) is 0 Å². The van der Waals surface area contributed by atoms with Gasteiger partial charge in [0.05, 0.1) is 5.60 Å². The van der Waals surface area contributed by atoms with E-state index in [0.717, 1.165) is 0 Å². The Bertz CT molecular complexity index is 982. The molecule has 4 atom stereocenters. The summed E-state index contributed by atoms with van der Waals surface area (Å²) in [5.41, 5.74) is -0.653. The molecule has 3 N–H and O–H groups in total. The number of amides is 1. The number of nitrogens with one attached hydrogen (secondary N) is 1. The van der Waals surface area contributed by atoms with Gasteiger partial charge in [-0.05, 0) is 38.5 Å². The number of methoxy groups -OCH3 is 1. The molecule has 1 aliphatic heterocycles. The molecule has 1 aromatic carbocycles. The fraction of sp³-hybridized carbons (Fsp3) is 0.500. The first-order valence-corrected chi connectivity index (χ1v) is 9.13. The Hall–Kier alpha value is -2.46. The van der Waals surface area contributed by atoms with E-state index in [1.165, 1.54) is 26.2 Å². The van der Waals surface area contributed by atoms with E-state index in [-0.39, 0.29) is 17.2 Å². The summed E-state index contributed by atoms with van der Waals surface area (Å²) in [7, 11) is 1.43. The van der Waals surface area contributed by atoms with E-state index in [4.69, 9.17) is 18.6 Å². The minimum Gasteiger partial charge on any atom is -0.462 e. The monoisotopic (exact) mass is 407 g/mol. The van der Waals surface area contributed by atoms with E-state index in [0.29, 0.717) is 16.7 Å². The van der Waals surface area contributed by atoms with Gasteiger partial charge in [0.1, 0.15) is 35.3 Å². The van der Waals surface area contributed by atoms with Crippen molar-refractivity contribution < 1.29 is 33.6 Å². The predicted molar refractivity (Wildman–Crippen MR) is 104 cm³/mol. The van der Waals surface area contributed by atoms with Crippen molar-refractivity contribution in [2.45, 2.75) is 57.9 Å². The van der Waals surface area contributed by atoms with Crippen molar-refractivity contribution in [1.82, 2.24) is 0 Å². The largest absolute Gasteiger partial charge is 0.462 e. The molecular formula is C20H25NO8. The van der Waals surface area contributed by atoms with Crippen molar-refractivity contribution in [3.63, 3.8) is 0 Å². The third kappa shape index (κ3) is 4.13. The summed E-state index contributed by atoms with van der Waals surface area (Å²) in [5, 5.41) is 23.8. The van der Waals surface area contributed by atoms with Crippen molar-refractivity contribution in [3.05, 3.63) is 34.2 Å². The highest BCUT2D eigenvalue weighted by atomic mass is 16.7. The summed E-state index contributed by atoms with van der Waals surface area (Å²) in [5.74, 6) is -0.0665. The van der Waals surface area contributed by atoms with Crippen LogP contribution in [0.25, 0.3) is 11.0 Å². The van der Waals surface area contributed by atoms with Crippen molar-refractivity contribution in [1.29, 1.82) is 0 Å². The van der Waals surface area contributed by atoms with Gasteiger partial charge in [-0.1, -0.05) is 0 Å². The zero-order valence-electron chi connectivity index (χ0n) is 16.9. The van der Waals surface area contributed by atoms with Gasteiger partial charge in [0, 0.05) is 25.5 Å². The molecule has 1 fully saturated rings. The van der Waals surface area contributed by atoms with Crippen LogP contribution in [0.2, 0.25) is 0 Å². The van der Waals surface area contributed by atoms with Crippen LogP contribution in [-0.2, 0) is 14.3 Å². The SMILES string of the molecule is CO[C@@H]1[C@@H](O)C(O)[C@H](Oc2cc3oc(=O)c(NC(C)=O)cc3cc2C)OC1(C)C. The number of hydrogen-bond acceptors (Lipinski definition) is 8. The normalized spacial score (nSPS) is 26.3. The minimum absolute atomic E-state index is 0.0413. The molecule has 9 nitrogen and oxygen atoms in total. The molecule has 1 unspecified atom stereocenters. The van der Waals surface area contributed by atoms with Crippen LogP contribution in [-0.4, -0.2) is 53.4 Å². The molecule has 3 rings (SSSR count). The first-order valence-electron chi connectivity index (χ1n) is 9.13. The van der Waals surface area contributed by atoms with E-state index in [2.05, 4.69) is 5.32 Å². The average Bonchev–Trinajstić information content (AvgIpc) is 2.61. The van der Waals surface area contributed by atoms with E-state index < -0.39 is 35.8 Å². The standard InChI is InChI=1S/C20H25NO8/c1-9-6-11-7-12(21-10(2)22)18(25)27-14(11)8-13(9)28-19-16(24)15(23)17(26-5)20(3,4)29-19/h6-8,15-17,19,23-24H,1-5H3,(H,21,22)/t15-,16?,17+,19+/m0/s1. The third-order valence-corrected chi connectivity index (χ3v) is 4.88. The maximum absolute atomic E-state index is 12.1. The molecule has 2 aromatic rings. The number of carbonyl (C=O) groups excluding carboxylic acids is 1. The summed E-state index contributed by atoms with van der Waals surface area (Å²) in [6, 6.07) is 4.73. The first kappa shape index (κ1) is 21.3. The second-order valence-electron chi connectivity index (χ2n) is 7.63. The molecule has 0 saturated carbocycles. The van der Waals surface area contributed by atoms with Crippen LogP contribution in [0, 0.1) is 6.92 Å². The maximum atomic E-state index is 12.1. The zero-order valence-corrected chi connectivity index (χ0v) is 16.9. The number of anilines is 1. The Morgan fingerprint density at radius 3 is 2.52 bits per heavy atom. The van der Waals surface area contributed by atoms with Gasteiger partial charge >= 0.3 is 5.63 Å². The van der Waals surface area contributed by atoms with Gasteiger partial charge in [-0.25, -0.2) is 4.79 Å². The third-order valence-electron chi connectivity index (χ3n) is 4.88. The van der Waals surface area contributed by atoms with E-state index >= 15 is 0 Å². The number of aryl methyl sites for hydroxylation is 1. The molecule has 9 heteroatoms. The molecule has 0 bridgehead atoms. The van der Waals surface area contributed by atoms with Crippen LogP contribution < -0.4 is 15.7 Å². The van der Waals surface area contributed by atoms with Gasteiger partial charge in [-0.3, -0.25) is 4.79 Å². The van der Waals surface area contributed by atoms with Crippen molar-refractivity contribution in [2.24, 2.45) is 0 Å². The Morgan fingerprint density at radius 2 is 1.90 bits per heavy atom. The topological polar surface area (TPSA) is 127 Å². The highest BCUT2D eigenvalue weighted by Gasteiger charge is 2.50. The summed E-state index contributed by atoms with van der Waals surface area (Å²) >= 11 is 0. The Morgan fingerprint density at radius 1 is 1.21 bits per heavy atom. The number of fused-ring (bicyclic) bond motifs is 1. The van der Waals surface area contributed by atoms with Crippen LogP contribution in [0.5, 0.6) is 5.75 Å². The van der Waals surface area contributed by atoms with Gasteiger partial charge in [0.15, 0.2) is 0 Å². The first-order chi connectivity index (χ1) is 13.5. The van der Waals surface area contributed by atoms with E-state index in [1.54, 1.807) is 26.8 Å². The van der Waals surface area contributed by atoms with Gasteiger partial charge in [-0.15, -0.1) is 0 Å². The molecule has 1 aliphatic rings. The molecule has 1 amide bonds. The smallest absolute Gasteiger partial charge is 0.360 e. The van der Waals surface area contributed by atoms with Crippen LogP contribution in [0.4, 0.5) is 5.69 Å². The average molecular weight is 407 g/mol. The Balaban J connectivity index is 1.93. The lowest BCUT2D eigenvalue weighted by molar-refractivity contribution is -0.306. The highest BCUT2D eigenvalue weighted by molar-refractivity contribution is 5.91. The lowest BCUT2D eigenvalue weighted by Gasteiger charge is -2.46. The number of aliphatic hydroxyl groups is 2. The Kier molecular flexibility index (Phi) is 5.68. The van der Waals surface area contributed by atoms with Gasteiger partial charge in [-0.2, -0.15) is 0 Å². The number of hydrogen-bond donors (Lipinski definition) is 3. The maximum Gasteiger partial charge on any atom is 0.360 e. The molecule has 29 heavy (non-hydrogen) atoms. The van der Waals surface area contributed by atoms with Crippen LogP contribution >= 0.6 is 0 Å². The van der Waals surface area contributed by atoms with Gasteiger partial charge < -0.3 is 34.2 Å². The predicted octanol–water partition coefficient (Wildman–Crippen LogP) is 1.31. The summed E-state index contributed by atoms with van der Waals surface area (Å²) in [6.07, 6.45) is -4.46. The molecule has 1 saturated heterocycles. The fourth-order valence-corrected chi connectivity index (χ4v) is 3.50. The molecule has 2 heterocycles. The number of carbonyl (C=O) groups is 1. The summed E-state index contributed by atoms with van der Waals surface area (Å²) in [6.45, 7) is 6.52. The second-order valence-corrected chi connectivity index (χ2v) is 7.63. The molecule has 158 valence electrons. The molecule has 0 radical (unpaired) electrons. The quantitative estimate of drug-likeness (QED) is 0.648. The Labute approximate surface area is 167 Å². The van der Waals surface area contributed by atoms with Gasteiger partial charge in [0.2, 0.25) is 12.2 Å². The molecule has 1 aromatic heterocycles. The summed E-state index contributed by atoms with van der Waals surface area (Å²) < 4.78 is 22.2. The van der Waals surface area contributed by atoms with Crippen molar-refractivity contribution in [2.75, 3.05) is 12.4 Å². The highest BCUT2D eigenvalue weighted by Crippen LogP contribution is 2.34. The number of aliphatic hydroxyl groups excluding tert-OH is 2. The number of benzene rings is 1. The van der Waals surface area contributed by atoms with Crippen LogP contribution in [0.3, 0.4) is 0 Å². The zero-order chi connectivity index (χ0) is 21.5. The van der Waals surface area contributed by atoms with Gasteiger partial charge in [0.25, 0.3) is 0 Å². The van der Waals surface area contributed by atoms with E-state index in [9.17, 15) is 19.8 Å². The fourth-order valence-electron chi connectivity index (χ4n) is 3.50. The van der Waals surface area contributed by atoms with Crippen LogP contribution in [0.1, 0.15) is 26.3 Å².